The van der Waals surface area contributed by atoms with E-state index in [4.69, 9.17) is 11.6 Å². The highest BCUT2D eigenvalue weighted by molar-refractivity contribution is 6.28. The maximum Gasteiger partial charge on any atom is 0.252 e. The molecular weight excluding hydrogens is 491 g/mol. The summed E-state index contributed by atoms with van der Waals surface area (Å²) >= 11 is 5.83. The molecule has 188 valence electrons. The number of Topliss-reactive ketones (excluding diaryl/α,β-unsaturated/α-hetero) is 1. The largest absolute Gasteiger partial charge is 0.344 e. The summed E-state index contributed by atoms with van der Waals surface area (Å²) in [5, 5.41) is 7.25. The van der Waals surface area contributed by atoms with Crippen molar-refractivity contribution in [3.63, 3.8) is 0 Å². The number of amides is 2. The molecular formula is C30H26ClFN2O3. The Morgan fingerprint density at radius 2 is 1.32 bits per heavy atom. The zero-order valence-corrected chi connectivity index (χ0v) is 20.8. The molecule has 4 aromatic carbocycles. The number of fused-ring (bicyclic) bond motifs is 1. The SMILES string of the molecule is O=C(NC(Cc1ccc(F)cc1)C(=O)NC(Cc1ccccc1)C(=O)CCl)c1cccc2ccccc12. The van der Waals surface area contributed by atoms with Crippen LogP contribution >= 0.6 is 11.6 Å². The molecule has 37 heavy (non-hydrogen) atoms. The minimum atomic E-state index is -1.02. The van der Waals surface area contributed by atoms with Gasteiger partial charge in [0.15, 0.2) is 5.78 Å². The highest BCUT2D eigenvalue weighted by Crippen LogP contribution is 2.19. The smallest absolute Gasteiger partial charge is 0.252 e. The van der Waals surface area contributed by atoms with Gasteiger partial charge in [-0.3, -0.25) is 14.4 Å². The number of carbonyl (C=O) groups excluding carboxylic acids is 3. The van der Waals surface area contributed by atoms with E-state index in [1.54, 1.807) is 24.3 Å². The Labute approximate surface area is 219 Å². The Bertz CT molecular complexity index is 1390. The van der Waals surface area contributed by atoms with E-state index >= 15 is 0 Å². The number of nitrogens with one attached hydrogen (secondary N) is 2. The number of hydrogen-bond donors (Lipinski definition) is 2. The second-order valence-electron chi connectivity index (χ2n) is 8.73. The van der Waals surface area contributed by atoms with Crippen LogP contribution in [0.5, 0.6) is 0 Å². The molecule has 2 amide bonds. The summed E-state index contributed by atoms with van der Waals surface area (Å²) < 4.78 is 13.5. The van der Waals surface area contributed by atoms with Gasteiger partial charge in [-0.1, -0.05) is 78.9 Å². The lowest BCUT2D eigenvalue weighted by Crippen LogP contribution is -2.53. The number of rotatable bonds is 10. The molecule has 2 unspecified atom stereocenters. The molecule has 0 bridgehead atoms. The standard InChI is InChI=1S/C30H26ClFN2O3/c31-19-28(35)26(17-20-7-2-1-3-8-20)33-30(37)27(18-21-13-15-23(32)16-14-21)34-29(36)25-12-6-10-22-9-4-5-11-24(22)25/h1-16,26-27H,17-19H2,(H,33,37)(H,34,36). The van der Waals surface area contributed by atoms with Crippen LogP contribution in [0.1, 0.15) is 21.5 Å². The zero-order chi connectivity index (χ0) is 26.2. The van der Waals surface area contributed by atoms with E-state index in [1.165, 1.54) is 12.1 Å². The molecule has 2 atom stereocenters. The zero-order valence-electron chi connectivity index (χ0n) is 20.0. The average molecular weight is 517 g/mol. The first-order valence-electron chi connectivity index (χ1n) is 11.9. The first-order chi connectivity index (χ1) is 17.9. The van der Waals surface area contributed by atoms with E-state index in [1.807, 2.05) is 60.7 Å². The van der Waals surface area contributed by atoms with Gasteiger partial charge in [-0.2, -0.15) is 0 Å². The van der Waals surface area contributed by atoms with Crippen molar-refractivity contribution in [1.82, 2.24) is 10.6 Å². The van der Waals surface area contributed by atoms with Crippen LogP contribution in [-0.4, -0.2) is 35.6 Å². The number of alkyl halides is 1. The van der Waals surface area contributed by atoms with Gasteiger partial charge >= 0.3 is 0 Å². The van der Waals surface area contributed by atoms with Gasteiger partial charge in [-0.15, -0.1) is 11.6 Å². The van der Waals surface area contributed by atoms with Gasteiger partial charge in [0.1, 0.15) is 11.9 Å². The Hall–Kier alpha value is -4.03. The Balaban J connectivity index is 1.59. The minimum absolute atomic E-state index is 0.107. The summed E-state index contributed by atoms with van der Waals surface area (Å²) in [6.07, 6.45) is 0.369. The third-order valence-electron chi connectivity index (χ3n) is 6.13. The first kappa shape index (κ1) is 26.0. The van der Waals surface area contributed by atoms with Gasteiger partial charge in [0.25, 0.3) is 5.91 Å². The van der Waals surface area contributed by atoms with Crippen LogP contribution < -0.4 is 10.6 Å². The Morgan fingerprint density at radius 1 is 0.703 bits per heavy atom. The predicted molar refractivity (Wildman–Crippen MR) is 143 cm³/mol. The number of carbonyl (C=O) groups is 3. The van der Waals surface area contributed by atoms with Crippen molar-refractivity contribution in [3.8, 4) is 0 Å². The topological polar surface area (TPSA) is 75.3 Å². The summed E-state index contributed by atoms with van der Waals surface area (Å²) in [6.45, 7) is 0. The highest BCUT2D eigenvalue weighted by Gasteiger charge is 2.27. The molecule has 7 heteroatoms. The quantitative estimate of drug-likeness (QED) is 0.296. The van der Waals surface area contributed by atoms with E-state index in [0.29, 0.717) is 11.1 Å². The molecule has 0 aliphatic heterocycles. The van der Waals surface area contributed by atoms with Crippen molar-refractivity contribution in [2.75, 3.05) is 5.88 Å². The van der Waals surface area contributed by atoms with E-state index in [9.17, 15) is 18.8 Å². The fourth-order valence-corrected chi connectivity index (χ4v) is 4.37. The fraction of sp³-hybridized carbons (Fsp3) is 0.167. The summed E-state index contributed by atoms with van der Waals surface area (Å²) in [5.74, 6) is -1.96. The maximum atomic E-state index is 13.5. The molecule has 0 aliphatic rings. The molecule has 0 aliphatic carbocycles. The molecule has 2 N–H and O–H groups in total. The van der Waals surface area contributed by atoms with E-state index in [2.05, 4.69) is 10.6 Å². The van der Waals surface area contributed by atoms with E-state index in [0.717, 1.165) is 16.3 Å². The summed E-state index contributed by atoms with van der Waals surface area (Å²) in [4.78, 5) is 39.4. The van der Waals surface area contributed by atoms with Gasteiger partial charge in [0.2, 0.25) is 5.91 Å². The molecule has 5 nitrogen and oxygen atoms in total. The first-order valence-corrected chi connectivity index (χ1v) is 12.4. The third kappa shape index (κ3) is 6.80. The molecule has 0 heterocycles. The average Bonchev–Trinajstić information content (AvgIpc) is 2.93. The van der Waals surface area contributed by atoms with Crippen LogP contribution in [0.2, 0.25) is 0 Å². The fourth-order valence-electron chi connectivity index (χ4n) is 4.19. The Morgan fingerprint density at radius 3 is 2.05 bits per heavy atom. The van der Waals surface area contributed by atoms with Crippen molar-refractivity contribution >= 4 is 40.0 Å². The van der Waals surface area contributed by atoms with Crippen molar-refractivity contribution in [3.05, 3.63) is 120 Å². The van der Waals surface area contributed by atoms with Crippen molar-refractivity contribution in [1.29, 1.82) is 0 Å². The number of halogens is 2. The number of ketones is 1. The highest BCUT2D eigenvalue weighted by atomic mass is 35.5. The van der Waals surface area contributed by atoms with Crippen molar-refractivity contribution < 1.29 is 18.8 Å². The molecule has 4 aromatic rings. The lowest BCUT2D eigenvalue weighted by molar-refractivity contribution is -0.127. The van der Waals surface area contributed by atoms with Gasteiger partial charge in [-0.05, 0) is 46.5 Å². The molecule has 0 saturated carbocycles. The third-order valence-corrected chi connectivity index (χ3v) is 6.39. The molecule has 0 radical (unpaired) electrons. The molecule has 0 saturated heterocycles. The van der Waals surface area contributed by atoms with Crippen molar-refractivity contribution in [2.24, 2.45) is 0 Å². The normalized spacial score (nSPS) is 12.5. The summed E-state index contributed by atoms with van der Waals surface area (Å²) in [7, 11) is 0. The second-order valence-corrected chi connectivity index (χ2v) is 9.00. The lowest BCUT2D eigenvalue weighted by Gasteiger charge is -2.23. The Kier molecular flexibility index (Phi) is 8.64. The number of benzene rings is 4. The van der Waals surface area contributed by atoms with Crippen LogP contribution in [0.15, 0.2) is 97.1 Å². The predicted octanol–water partition coefficient (Wildman–Crippen LogP) is 4.86. The van der Waals surface area contributed by atoms with Crippen LogP contribution in [0.4, 0.5) is 4.39 Å². The van der Waals surface area contributed by atoms with Gasteiger partial charge in [-0.25, -0.2) is 4.39 Å². The monoisotopic (exact) mass is 516 g/mol. The van der Waals surface area contributed by atoms with Crippen LogP contribution in [0.25, 0.3) is 10.8 Å². The van der Waals surface area contributed by atoms with Gasteiger partial charge in [0, 0.05) is 12.0 Å². The van der Waals surface area contributed by atoms with Crippen LogP contribution in [0, 0.1) is 5.82 Å². The maximum absolute atomic E-state index is 13.5. The van der Waals surface area contributed by atoms with E-state index in [-0.39, 0.29) is 24.5 Å². The number of hydrogen-bond acceptors (Lipinski definition) is 3. The van der Waals surface area contributed by atoms with Crippen LogP contribution in [-0.2, 0) is 22.4 Å². The van der Waals surface area contributed by atoms with Crippen molar-refractivity contribution in [2.45, 2.75) is 24.9 Å². The van der Waals surface area contributed by atoms with E-state index < -0.39 is 29.7 Å². The lowest BCUT2D eigenvalue weighted by atomic mass is 10.00. The molecule has 0 spiro atoms. The van der Waals surface area contributed by atoms with Gasteiger partial charge < -0.3 is 10.6 Å². The summed E-state index contributed by atoms with van der Waals surface area (Å²) in [5.41, 5.74) is 1.94. The summed E-state index contributed by atoms with van der Waals surface area (Å²) in [6, 6.07) is 26.0. The van der Waals surface area contributed by atoms with Gasteiger partial charge in [0.05, 0.1) is 11.9 Å². The van der Waals surface area contributed by atoms with Crippen LogP contribution in [0.3, 0.4) is 0 Å². The molecule has 4 rings (SSSR count). The second kappa shape index (κ2) is 12.3. The molecule has 0 fully saturated rings. The molecule has 0 aromatic heterocycles. The minimum Gasteiger partial charge on any atom is -0.344 e.